The molecule has 0 rings (SSSR count). The summed E-state index contributed by atoms with van der Waals surface area (Å²) < 4.78 is 5.02. The van der Waals surface area contributed by atoms with Gasteiger partial charge in [0.25, 0.3) is 0 Å². The first-order chi connectivity index (χ1) is 3.41. The molecule has 0 N–H and O–H groups in total. The van der Waals surface area contributed by atoms with Gasteiger partial charge < -0.3 is 4.74 Å². The molecule has 0 aliphatic carbocycles. The lowest BCUT2D eigenvalue weighted by Crippen LogP contribution is -1.93. The molecule has 0 heterocycles. The van der Waals surface area contributed by atoms with Crippen LogP contribution in [0.4, 0.5) is 0 Å². The second-order valence-corrected chi connectivity index (χ2v) is 3.46. The van der Waals surface area contributed by atoms with Crippen LogP contribution in [-0.2, 0) is 4.74 Å². The Morgan fingerprint density at radius 2 is 2.43 bits per heavy atom. The summed E-state index contributed by atoms with van der Waals surface area (Å²) >= 11 is -0.259. The minimum atomic E-state index is -0.259. The Morgan fingerprint density at radius 3 is 2.86 bits per heavy atom. The molecule has 0 aromatic heterocycles. The lowest BCUT2D eigenvalue weighted by molar-refractivity contribution is 0.162. The highest BCUT2D eigenvalue weighted by atomic mass is 35.6. The molecule has 0 amide bonds. The molecule has 0 saturated heterocycles. The zero-order chi connectivity index (χ0) is 5.54. The lowest BCUT2D eigenvalue weighted by Gasteiger charge is -1.92. The average Bonchev–Trinajstić information content (AvgIpc) is 1.69. The Labute approximate surface area is 54.9 Å². The lowest BCUT2D eigenvalue weighted by atomic mass is 10.8. The van der Waals surface area contributed by atoms with Gasteiger partial charge >= 0.3 is 14.3 Å². The molecule has 0 spiro atoms. The normalized spacial score (nSPS) is 8.86. The quantitative estimate of drug-likeness (QED) is 0.414. The predicted molar refractivity (Wildman–Crippen MR) is 34.3 cm³/mol. The van der Waals surface area contributed by atoms with Gasteiger partial charge in [-0.25, -0.2) is 0 Å². The van der Waals surface area contributed by atoms with Crippen LogP contribution >= 0.6 is 10.0 Å². The smallest absolute Gasteiger partial charge is 0.379 e. The Morgan fingerprint density at radius 1 is 1.71 bits per heavy atom. The molecule has 0 aromatic carbocycles. The van der Waals surface area contributed by atoms with Gasteiger partial charge in [-0.3, -0.25) is 10.0 Å². The van der Waals surface area contributed by atoms with Gasteiger partial charge in [0.1, 0.15) is 0 Å². The molecule has 0 atom stereocenters. The van der Waals surface area contributed by atoms with Crippen molar-refractivity contribution in [1.82, 2.24) is 0 Å². The van der Waals surface area contributed by atoms with Crippen LogP contribution in [0.1, 0.15) is 6.92 Å². The fourth-order valence-corrected chi connectivity index (χ4v) is 0.942. The molecule has 0 bridgehead atoms. The monoisotopic (exact) mass is 136 g/mol. The molecular weight excluding hydrogens is 126 g/mol. The SMILES string of the molecule is CCOC[CH2][AlH][Cl]. The minimum Gasteiger partial charge on any atom is -0.383 e. The van der Waals surface area contributed by atoms with Crippen LogP contribution in [0.3, 0.4) is 0 Å². The summed E-state index contributed by atoms with van der Waals surface area (Å²) in [5, 5.41) is 1.11. The summed E-state index contributed by atoms with van der Waals surface area (Å²) in [6.45, 7) is 3.69. The van der Waals surface area contributed by atoms with Crippen LogP contribution in [0.25, 0.3) is 0 Å². The van der Waals surface area contributed by atoms with Crippen LogP contribution in [0.2, 0.25) is 5.28 Å². The van der Waals surface area contributed by atoms with Gasteiger partial charge in [-0.2, -0.15) is 0 Å². The van der Waals surface area contributed by atoms with Crippen molar-refractivity contribution in [1.29, 1.82) is 0 Å². The third kappa shape index (κ3) is 6.78. The number of hydrogen-bond acceptors (Lipinski definition) is 1. The molecule has 0 saturated carbocycles. The average molecular weight is 137 g/mol. The number of hydrogen-bond donors (Lipinski definition) is 0. The van der Waals surface area contributed by atoms with E-state index in [1.165, 1.54) is 0 Å². The van der Waals surface area contributed by atoms with E-state index < -0.39 is 0 Å². The van der Waals surface area contributed by atoms with Crippen molar-refractivity contribution in [2.45, 2.75) is 12.2 Å². The van der Waals surface area contributed by atoms with Gasteiger partial charge in [0.05, 0.1) is 0 Å². The summed E-state index contributed by atoms with van der Waals surface area (Å²) in [7, 11) is 5.50. The molecule has 0 aliphatic heterocycles. The van der Waals surface area contributed by atoms with Crippen LogP contribution in [0.5, 0.6) is 0 Å². The second kappa shape index (κ2) is 6.78. The van der Waals surface area contributed by atoms with Gasteiger partial charge in [0.2, 0.25) is 0 Å². The maximum absolute atomic E-state index is 5.50. The topological polar surface area (TPSA) is 9.23 Å². The van der Waals surface area contributed by atoms with Crippen LogP contribution in [0, 0.1) is 0 Å². The van der Waals surface area contributed by atoms with Crippen LogP contribution in [0.15, 0.2) is 0 Å². The molecular formula is C4H10AlClO. The summed E-state index contributed by atoms with van der Waals surface area (Å²) in [5.41, 5.74) is 0. The first-order valence-electron chi connectivity index (χ1n) is 2.55. The maximum atomic E-state index is 5.50. The largest absolute Gasteiger partial charge is 0.383 e. The Kier molecular flexibility index (Phi) is 7.54. The predicted octanol–water partition coefficient (Wildman–Crippen LogP) is 1.03. The highest BCUT2D eigenvalue weighted by Crippen LogP contribution is 1.82. The van der Waals surface area contributed by atoms with Crippen molar-refractivity contribution in [3.05, 3.63) is 0 Å². The van der Waals surface area contributed by atoms with Crippen molar-refractivity contribution in [3.63, 3.8) is 0 Å². The van der Waals surface area contributed by atoms with Crippen molar-refractivity contribution in [3.8, 4) is 0 Å². The Balaban J connectivity index is 2.45. The highest BCUT2D eigenvalue weighted by Gasteiger charge is 1.85. The number of halogens is 1. The third-order valence-corrected chi connectivity index (χ3v) is 1.98. The zero-order valence-corrected chi connectivity index (χ0v) is 6.78. The summed E-state index contributed by atoms with van der Waals surface area (Å²) in [4.78, 5) is 0. The van der Waals surface area contributed by atoms with Gasteiger partial charge in [-0.1, -0.05) is 5.28 Å². The first-order valence-corrected chi connectivity index (χ1v) is 5.69. The summed E-state index contributed by atoms with van der Waals surface area (Å²) in [6, 6.07) is 0. The molecule has 0 radical (unpaired) electrons. The second-order valence-electron chi connectivity index (χ2n) is 1.24. The number of ether oxygens (including phenoxy) is 1. The summed E-state index contributed by atoms with van der Waals surface area (Å²) in [5.74, 6) is 0. The molecule has 0 aliphatic rings. The molecule has 0 unspecified atom stereocenters. The maximum Gasteiger partial charge on any atom is 0.379 e. The molecule has 0 aromatic rings. The van der Waals surface area contributed by atoms with Crippen molar-refractivity contribution in [2.75, 3.05) is 13.2 Å². The first kappa shape index (κ1) is 7.78. The van der Waals surface area contributed by atoms with E-state index in [2.05, 4.69) is 0 Å². The van der Waals surface area contributed by atoms with Gasteiger partial charge in [-0.15, -0.1) is 0 Å². The fraction of sp³-hybridized carbons (Fsp3) is 1.00. The zero-order valence-electron chi connectivity index (χ0n) is 4.61. The Hall–Kier alpha value is 0.782. The van der Waals surface area contributed by atoms with Crippen LogP contribution in [-0.4, -0.2) is 27.5 Å². The molecule has 3 heteroatoms. The minimum absolute atomic E-state index is 0.259. The van der Waals surface area contributed by atoms with Crippen molar-refractivity contribution >= 4 is 24.3 Å². The van der Waals surface area contributed by atoms with Crippen molar-refractivity contribution in [2.24, 2.45) is 0 Å². The van der Waals surface area contributed by atoms with Gasteiger partial charge in [0, 0.05) is 13.2 Å². The Bertz CT molecular complexity index is 30.9. The van der Waals surface area contributed by atoms with E-state index >= 15 is 0 Å². The van der Waals surface area contributed by atoms with Crippen molar-refractivity contribution < 1.29 is 4.74 Å². The van der Waals surface area contributed by atoms with E-state index in [1.807, 2.05) is 6.92 Å². The summed E-state index contributed by atoms with van der Waals surface area (Å²) in [6.07, 6.45) is 0. The van der Waals surface area contributed by atoms with Gasteiger partial charge in [0.15, 0.2) is 0 Å². The van der Waals surface area contributed by atoms with E-state index in [0.29, 0.717) is 0 Å². The van der Waals surface area contributed by atoms with E-state index in [1.54, 1.807) is 0 Å². The standard InChI is InChI=1S/C4H9O.Al.ClH.H/c1-3-5-4-2;;;/h1,3-4H2,2H3;;1H;/q;+1;;/p-1. The molecule has 42 valence electrons. The van der Waals surface area contributed by atoms with Gasteiger partial charge in [-0.05, 0) is 6.92 Å². The fourth-order valence-electron chi connectivity index (χ4n) is 0.301. The van der Waals surface area contributed by atoms with Crippen LogP contribution < -0.4 is 0 Å². The molecule has 1 nitrogen and oxygen atoms in total. The van der Waals surface area contributed by atoms with E-state index in [-0.39, 0.29) is 14.3 Å². The van der Waals surface area contributed by atoms with E-state index in [4.69, 9.17) is 14.8 Å². The number of rotatable bonds is 4. The third-order valence-electron chi connectivity index (χ3n) is 0.626. The molecule has 7 heavy (non-hydrogen) atoms. The molecule has 0 fully saturated rings. The van der Waals surface area contributed by atoms with E-state index in [0.717, 1.165) is 18.5 Å². The van der Waals surface area contributed by atoms with E-state index in [9.17, 15) is 0 Å². The highest BCUT2D eigenvalue weighted by molar-refractivity contribution is 6.93.